The zero-order valence-corrected chi connectivity index (χ0v) is 13.5. The van der Waals surface area contributed by atoms with Crippen molar-refractivity contribution in [2.24, 2.45) is 0 Å². The van der Waals surface area contributed by atoms with E-state index in [9.17, 15) is 0 Å². The third-order valence-corrected chi connectivity index (χ3v) is 4.13. The number of halogens is 3. The molecule has 0 unspecified atom stereocenters. The summed E-state index contributed by atoms with van der Waals surface area (Å²) >= 11 is 18.3. The number of nitrogens with zero attached hydrogens (tertiary/aromatic N) is 2. The molecular weight excluding hydrogens is 329 g/mol. The van der Waals surface area contributed by atoms with Gasteiger partial charge in [0.05, 0.1) is 21.7 Å². The summed E-state index contributed by atoms with van der Waals surface area (Å²) in [6, 6.07) is 8.99. The van der Waals surface area contributed by atoms with Gasteiger partial charge >= 0.3 is 0 Å². The molecule has 108 valence electrons. The fourth-order valence-electron chi connectivity index (χ4n) is 2.39. The molecule has 3 aromatic rings. The van der Waals surface area contributed by atoms with Crippen molar-refractivity contribution in [1.29, 1.82) is 0 Å². The summed E-state index contributed by atoms with van der Waals surface area (Å²) in [7, 11) is 0. The zero-order chi connectivity index (χ0) is 15.1. The van der Waals surface area contributed by atoms with Crippen LogP contribution >= 0.6 is 34.8 Å². The van der Waals surface area contributed by atoms with E-state index in [1.807, 2.05) is 29.7 Å². The van der Waals surface area contributed by atoms with Crippen LogP contribution in [0.4, 0.5) is 5.69 Å². The highest BCUT2D eigenvalue weighted by atomic mass is 35.5. The molecule has 6 heteroatoms. The molecule has 2 aromatic carbocycles. The van der Waals surface area contributed by atoms with Gasteiger partial charge in [0, 0.05) is 22.2 Å². The molecule has 0 bridgehead atoms. The van der Waals surface area contributed by atoms with E-state index >= 15 is 0 Å². The van der Waals surface area contributed by atoms with E-state index in [4.69, 9.17) is 40.5 Å². The Hall–Kier alpha value is -1.42. The fourth-order valence-corrected chi connectivity index (χ4v) is 3.05. The minimum absolute atomic E-state index is 0.422. The summed E-state index contributed by atoms with van der Waals surface area (Å²) in [6.07, 6.45) is 0. The highest BCUT2D eigenvalue weighted by molar-refractivity contribution is 6.37. The lowest BCUT2D eigenvalue weighted by Crippen LogP contribution is -2.00. The van der Waals surface area contributed by atoms with E-state index in [0.717, 1.165) is 29.0 Å². The smallest absolute Gasteiger partial charge is 0.143 e. The molecule has 0 aliphatic carbocycles. The van der Waals surface area contributed by atoms with Crippen LogP contribution < -0.4 is 5.73 Å². The minimum Gasteiger partial charge on any atom is -0.397 e. The third-order valence-electron chi connectivity index (χ3n) is 3.36. The first kappa shape index (κ1) is 14.5. The van der Waals surface area contributed by atoms with E-state index in [1.54, 1.807) is 12.1 Å². The number of hydrogen-bond donors (Lipinski definition) is 1. The molecule has 0 radical (unpaired) electrons. The largest absolute Gasteiger partial charge is 0.397 e. The molecule has 0 aliphatic heterocycles. The second kappa shape index (κ2) is 5.41. The number of aromatic nitrogens is 2. The highest BCUT2D eigenvalue weighted by Gasteiger charge is 2.16. The van der Waals surface area contributed by atoms with Crippen molar-refractivity contribution < 1.29 is 0 Å². The summed E-state index contributed by atoms with van der Waals surface area (Å²) < 4.78 is 2.04. The monoisotopic (exact) mass is 339 g/mol. The molecule has 3 nitrogen and oxygen atoms in total. The topological polar surface area (TPSA) is 43.8 Å². The summed E-state index contributed by atoms with van der Waals surface area (Å²) in [6.45, 7) is 2.77. The Balaban J connectivity index is 2.35. The van der Waals surface area contributed by atoms with E-state index in [2.05, 4.69) is 4.98 Å². The van der Waals surface area contributed by atoms with Gasteiger partial charge in [0.1, 0.15) is 5.82 Å². The van der Waals surface area contributed by atoms with Gasteiger partial charge in [-0.05, 0) is 37.3 Å². The Kier molecular flexibility index (Phi) is 3.74. The number of nitrogen functional groups attached to an aromatic ring is 1. The van der Waals surface area contributed by atoms with Gasteiger partial charge in [-0.1, -0.05) is 34.8 Å². The second-order valence-corrected chi connectivity index (χ2v) is 5.94. The Bertz CT molecular complexity index is 840. The first-order valence-corrected chi connectivity index (χ1v) is 7.55. The Morgan fingerprint density at radius 3 is 2.57 bits per heavy atom. The van der Waals surface area contributed by atoms with Crippen molar-refractivity contribution in [3.63, 3.8) is 0 Å². The van der Waals surface area contributed by atoms with Crippen LogP contribution in [0.3, 0.4) is 0 Å². The fraction of sp³-hybridized carbons (Fsp3) is 0.133. The van der Waals surface area contributed by atoms with E-state index in [0.29, 0.717) is 20.8 Å². The lowest BCUT2D eigenvalue weighted by Gasteiger charge is -2.10. The number of aryl methyl sites for hydroxylation is 1. The zero-order valence-electron chi connectivity index (χ0n) is 11.2. The van der Waals surface area contributed by atoms with Crippen LogP contribution in [-0.2, 0) is 6.54 Å². The van der Waals surface area contributed by atoms with Crippen LogP contribution in [0.15, 0.2) is 30.3 Å². The van der Waals surface area contributed by atoms with Gasteiger partial charge < -0.3 is 10.3 Å². The summed E-state index contributed by atoms with van der Waals surface area (Å²) in [5.41, 5.74) is 9.09. The highest BCUT2D eigenvalue weighted by Crippen LogP contribution is 2.36. The van der Waals surface area contributed by atoms with Gasteiger partial charge in [0.15, 0.2) is 0 Å². The lowest BCUT2D eigenvalue weighted by molar-refractivity contribution is 0.796. The predicted octanol–water partition coefficient (Wildman–Crippen LogP) is 5.27. The van der Waals surface area contributed by atoms with Crippen LogP contribution in [0.2, 0.25) is 15.1 Å². The SMILES string of the molecule is CCn1c(-c2cc(Cl)cc(Cl)c2N)nc2ccc(Cl)cc21. The van der Waals surface area contributed by atoms with Crippen LogP contribution in [0.1, 0.15) is 6.92 Å². The van der Waals surface area contributed by atoms with Crippen LogP contribution in [0, 0.1) is 0 Å². The van der Waals surface area contributed by atoms with Crippen molar-refractivity contribution in [2.75, 3.05) is 5.73 Å². The molecule has 0 fully saturated rings. The van der Waals surface area contributed by atoms with Gasteiger partial charge in [0.2, 0.25) is 0 Å². The number of benzene rings is 2. The minimum atomic E-state index is 0.422. The quantitative estimate of drug-likeness (QED) is 0.646. The van der Waals surface area contributed by atoms with Crippen molar-refractivity contribution in [3.8, 4) is 11.4 Å². The number of rotatable bonds is 2. The first-order valence-electron chi connectivity index (χ1n) is 6.42. The normalized spacial score (nSPS) is 11.2. The molecule has 3 rings (SSSR count). The maximum Gasteiger partial charge on any atom is 0.143 e. The molecule has 0 aliphatic rings. The lowest BCUT2D eigenvalue weighted by atomic mass is 10.1. The number of anilines is 1. The number of hydrogen-bond acceptors (Lipinski definition) is 2. The van der Waals surface area contributed by atoms with Gasteiger partial charge in [0.25, 0.3) is 0 Å². The maximum atomic E-state index is 6.12. The summed E-state index contributed by atoms with van der Waals surface area (Å²) in [5.74, 6) is 0.733. The third kappa shape index (κ3) is 2.46. The Labute approximate surface area is 137 Å². The molecule has 1 aromatic heterocycles. The first-order chi connectivity index (χ1) is 10.0. The molecule has 21 heavy (non-hydrogen) atoms. The molecule has 0 saturated carbocycles. The average molecular weight is 341 g/mol. The molecule has 1 heterocycles. The van der Waals surface area contributed by atoms with Crippen LogP contribution in [0.5, 0.6) is 0 Å². The number of fused-ring (bicyclic) bond motifs is 1. The molecular formula is C15H12Cl3N3. The van der Waals surface area contributed by atoms with Gasteiger partial charge in [-0.25, -0.2) is 4.98 Å². The van der Waals surface area contributed by atoms with Crippen molar-refractivity contribution in [3.05, 3.63) is 45.4 Å². The Morgan fingerprint density at radius 2 is 1.86 bits per heavy atom. The maximum absolute atomic E-state index is 6.12. The van der Waals surface area contributed by atoms with Crippen LogP contribution in [0.25, 0.3) is 22.4 Å². The summed E-state index contributed by atoms with van der Waals surface area (Å²) in [4.78, 5) is 4.64. The van der Waals surface area contributed by atoms with E-state index in [1.165, 1.54) is 0 Å². The standard InChI is InChI=1S/C15H12Cl3N3/c1-2-21-13-7-8(16)3-4-12(13)20-15(21)10-5-9(17)6-11(18)14(10)19/h3-7H,2,19H2,1H3. The van der Waals surface area contributed by atoms with E-state index in [-0.39, 0.29) is 0 Å². The van der Waals surface area contributed by atoms with Gasteiger partial charge in [-0.15, -0.1) is 0 Å². The van der Waals surface area contributed by atoms with Crippen molar-refractivity contribution in [2.45, 2.75) is 13.5 Å². The predicted molar refractivity (Wildman–Crippen MR) is 90.3 cm³/mol. The van der Waals surface area contributed by atoms with E-state index < -0.39 is 0 Å². The van der Waals surface area contributed by atoms with Crippen LogP contribution in [-0.4, -0.2) is 9.55 Å². The van der Waals surface area contributed by atoms with Gasteiger partial charge in [-0.3, -0.25) is 0 Å². The Morgan fingerprint density at radius 1 is 1.10 bits per heavy atom. The van der Waals surface area contributed by atoms with Crippen molar-refractivity contribution in [1.82, 2.24) is 9.55 Å². The number of imidazole rings is 1. The molecule has 2 N–H and O–H groups in total. The molecule has 0 atom stereocenters. The number of nitrogens with two attached hydrogens (primary N) is 1. The van der Waals surface area contributed by atoms with Gasteiger partial charge in [-0.2, -0.15) is 0 Å². The molecule has 0 amide bonds. The summed E-state index contributed by atoms with van der Waals surface area (Å²) in [5, 5.41) is 1.61. The molecule has 0 saturated heterocycles. The molecule has 0 spiro atoms. The second-order valence-electron chi connectivity index (χ2n) is 4.66. The van der Waals surface area contributed by atoms with Crippen molar-refractivity contribution >= 4 is 51.5 Å². The average Bonchev–Trinajstić information content (AvgIpc) is 2.80.